The van der Waals surface area contributed by atoms with Gasteiger partial charge in [0.25, 0.3) is 0 Å². The normalized spacial score (nSPS) is 25.8. The van der Waals surface area contributed by atoms with E-state index >= 15 is 0 Å². The topological polar surface area (TPSA) is 71.8 Å². The van der Waals surface area contributed by atoms with Crippen LogP contribution in [-0.4, -0.2) is 45.2 Å². The lowest BCUT2D eigenvalue weighted by Gasteiger charge is -2.29. The summed E-state index contributed by atoms with van der Waals surface area (Å²) >= 11 is 0. The molecule has 0 aromatic heterocycles. The fourth-order valence-corrected chi connectivity index (χ4v) is 3.77. The second kappa shape index (κ2) is 9.02. The van der Waals surface area contributed by atoms with Crippen molar-refractivity contribution in [3.05, 3.63) is 29.8 Å². The van der Waals surface area contributed by atoms with Gasteiger partial charge in [-0.05, 0) is 49.3 Å². The molecule has 0 unspecified atom stereocenters. The van der Waals surface area contributed by atoms with E-state index in [-0.39, 0.29) is 18.3 Å². The molecule has 0 bridgehead atoms. The molecule has 6 nitrogen and oxygen atoms in total. The third kappa shape index (κ3) is 4.54. The number of carbonyl (C=O) groups excluding carboxylic acids is 1. The maximum absolute atomic E-state index is 12.0. The molecule has 3 rings (SSSR count). The Morgan fingerprint density at radius 3 is 2.62 bits per heavy atom. The minimum Gasteiger partial charge on any atom is -0.441 e. The SMILES string of the molecule is COC[C@H]1CN(c2ccc(C3CCC(OCCC#N)CC3)cc2)C(=O)O1. The third-order valence-electron chi connectivity index (χ3n) is 5.14. The Morgan fingerprint density at radius 2 is 1.96 bits per heavy atom. The molecule has 1 saturated heterocycles. The molecule has 0 N–H and O–H groups in total. The van der Waals surface area contributed by atoms with Gasteiger partial charge in [0.05, 0.1) is 38.4 Å². The summed E-state index contributed by atoms with van der Waals surface area (Å²) < 4.78 is 16.1. The van der Waals surface area contributed by atoms with E-state index in [4.69, 9.17) is 19.5 Å². The molecule has 2 aliphatic rings. The highest BCUT2D eigenvalue weighted by Gasteiger charge is 2.32. The first-order chi connectivity index (χ1) is 12.7. The van der Waals surface area contributed by atoms with Gasteiger partial charge in [-0.2, -0.15) is 5.26 Å². The second-order valence-corrected chi connectivity index (χ2v) is 6.92. The monoisotopic (exact) mass is 358 g/mol. The lowest BCUT2D eigenvalue weighted by molar-refractivity contribution is 0.0280. The fourth-order valence-electron chi connectivity index (χ4n) is 3.77. The van der Waals surface area contributed by atoms with E-state index in [1.54, 1.807) is 12.0 Å². The van der Waals surface area contributed by atoms with E-state index in [9.17, 15) is 4.79 Å². The minimum atomic E-state index is -0.310. The Hall–Kier alpha value is -2.10. The van der Waals surface area contributed by atoms with E-state index in [1.807, 2.05) is 12.1 Å². The molecule has 1 aliphatic heterocycles. The van der Waals surface area contributed by atoms with Crippen LogP contribution in [0.1, 0.15) is 43.6 Å². The zero-order valence-corrected chi connectivity index (χ0v) is 15.2. The van der Waals surface area contributed by atoms with Crippen molar-refractivity contribution in [3.63, 3.8) is 0 Å². The molecule has 26 heavy (non-hydrogen) atoms. The van der Waals surface area contributed by atoms with Crippen molar-refractivity contribution < 1.29 is 19.0 Å². The molecular weight excluding hydrogens is 332 g/mol. The van der Waals surface area contributed by atoms with Crippen molar-refractivity contribution in [1.29, 1.82) is 5.26 Å². The average Bonchev–Trinajstić information content (AvgIpc) is 3.03. The van der Waals surface area contributed by atoms with Crippen molar-refractivity contribution in [2.24, 2.45) is 0 Å². The van der Waals surface area contributed by atoms with Gasteiger partial charge in [0.2, 0.25) is 0 Å². The van der Waals surface area contributed by atoms with Crippen LogP contribution in [0, 0.1) is 11.3 Å². The van der Waals surface area contributed by atoms with Gasteiger partial charge in [0, 0.05) is 12.8 Å². The van der Waals surface area contributed by atoms with Crippen molar-refractivity contribution >= 4 is 11.8 Å². The number of cyclic esters (lactones) is 1. The number of ether oxygens (including phenoxy) is 3. The van der Waals surface area contributed by atoms with Crippen LogP contribution in [-0.2, 0) is 14.2 Å². The van der Waals surface area contributed by atoms with Gasteiger partial charge in [-0.15, -0.1) is 0 Å². The molecule has 1 aromatic carbocycles. The van der Waals surface area contributed by atoms with Gasteiger partial charge >= 0.3 is 6.09 Å². The zero-order chi connectivity index (χ0) is 18.4. The van der Waals surface area contributed by atoms with E-state index in [0.29, 0.717) is 32.1 Å². The Labute approximate surface area is 154 Å². The Balaban J connectivity index is 1.52. The lowest BCUT2D eigenvalue weighted by atomic mass is 9.82. The zero-order valence-electron chi connectivity index (χ0n) is 15.2. The highest BCUT2D eigenvalue weighted by atomic mass is 16.6. The summed E-state index contributed by atoms with van der Waals surface area (Å²) in [6.07, 6.45) is 4.50. The molecule has 6 heteroatoms. The molecular formula is C20H26N2O4. The van der Waals surface area contributed by atoms with Gasteiger partial charge in [-0.25, -0.2) is 4.79 Å². The number of carbonyl (C=O) groups is 1. The molecule has 0 spiro atoms. The van der Waals surface area contributed by atoms with E-state index in [2.05, 4.69) is 18.2 Å². The number of benzene rings is 1. The average molecular weight is 358 g/mol. The number of hydrogen-bond acceptors (Lipinski definition) is 5. The minimum absolute atomic E-state index is 0.205. The molecule has 0 radical (unpaired) electrons. The summed E-state index contributed by atoms with van der Waals surface area (Å²) in [7, 11) is 1.61. The highest BCUT2D eigenvalue weighted by molar-refractivity contribution is 5.89. The Bertz CT molecular complexity index is 632. The summed E-state index contributed by atoms with van der Waals surface area (Å²) in [6.45, 7) is 1.48. The lowest BCUT2D eigenvalue weighted by Crippen LogP contribution is -2.25. The molecule has 1 aromatic rings. The number of amides is 1. The molecule has 1 aliphatic carbocycles. The van der Waals surface area contributed by atoms with Crippen LogP contribution in [0.4, 0.5) is 10.5 Å². The number of hydrogen-bond donors (Lipinski definition) is 0. The summed E-state index contributed by atoms with van der Waals surface area (Å²) in [5, 5.41) is 8.58. The summed E-state index contributed by atoms with van der Waals surface area (Å²) in [4.78, 5) is 13.7. The largest absolute Gasteiger partial charge is 0.441 e. The highest BCUT2D eigenvalue weighted by Crippen LogP contribution is 2.35. The van der Waals surface area contributed by atoms with Gasteiger partial charge in [0.15, 0.2) is 0 Å². The van der Waals surface area contributed by atoms with Crippen molar-refractivity contribution in [3.8, 4) is 6.07 Å². The predicted octanol–water partition coefficient (Wildman–Crippen LogP) is 3.61. The van der Waals surface area contributed by atoms with Crippen LogP contribution in [0.2, 0.25) is 0 Å². The molecule has 2 fully saturated rings. The van der Waals surface area contributed by atoms with E-state index in [0.717, 1.165) is 31.4 Å². The fraction of sp³-hybridized carbons (Fsp3) is 0.600. The summed E-state index contributed by atoms with van der Waals surface area (Å²) in [5.41, 5.74) is 2.18. The molecule has 1 atom stereocenters. The first-order valence-electron chi connectivity index (χ1n) is 9.27. The summed E-state index contributed by atoms with van der Waals surface area (Å²) in [6, 6.07) is 10.4. The van der Waals surface area contributed by atoms with Crippen LogP contribution in [0.25, 0.3) is 0 Å². The number of nitrogens with zero attached hydrogens (tertiary/aromatic N) is 2. The standard InChI is InChI=1S/C20H26N2O4/c1-24-14-19-13-22(20(23)26-19)17-7-3-15(4-8-17)16-5-9-18(10-6-16)25-12-2-11-21/h3-4,7-8,16,18-19H,2,5-6,9-10,12-14H2,1H3/t16?,18?,19-/m1/s1. The van der Waals surface area contributed by atoms with Gasteiger partial charge in [0.1, 0.15) is 6.10 Å². The van der Waals surface area contributed by atoms with E-state index in [1.165, 1.54) is 5.56 Å². The summed E-state index contributed by atoms with van der Waals surface area (Å²) in [5.74, 6) is 0.534. The van der Waals surface area contributed by atoms with Gasteiger partial charge in [-0.3, -0.25) is 4.90 Å². The quantitative estimate of drug-likeness (QED) is 0.696. The van der Waals surface area contributed by atoms with Crippen LogP contribution in [0.3, 0.4) is 0 Å². The van der Waals surface area contributed by atoms with Gasteiger partial charge in [-0.1, -0.05) is 12.1 Å². The number of rotatable bonds is 7. The number of nitriles is 1. The van der Waals surface area contributed by atoms with Crippen LogP contribution < -0.4 is 4.90 Å². The Kier molecular flexibility index (Phi) is 6.48. The third-order valence-corrected chi connectivity index (χ3v) is 5.14. The van der Waals surface area contributed by atoms with Crippen LogP contribution in [0.15, 0.2) is 24.3 Å². The molecule has 1 amide bonds. The maximum atomic E-state index is 12.0. The first-order valence-corrected chi connectivity index (χ1v) is 9.27. The molecule has 1 saturated carbocycles. The Morgan fingerprint density at radius 1 is 1.23 bits per heavy atom. The van der Waals surface area contributed by atoms with Crippen molar-refractivity contribution in [1.82, 2.24) is 0 Å². The van der Waals surface area contributed by atoms with Crippen LogP contribution in [0.5, 0.6) is 0 Å². The first kappa shape index (κ1) is 18.7. The van der Waals surface area contributed by atoms with Gasteiger partial charge < -0.3 is 14.2 Å². The number of anilines is 1. The predicted molar refractivity (Wildman–Crippen MR) is 97.1 cm³/mol. The van der Waals surface area contributed by atoms with Crippen molar-refractivity contribution in [2.45, 2.75) is 50.2 Å². The smallest absolute Gasteiger partial charge is 0.414 e. The second-order valence-electron chi connectivity index (χ2n) is 6.92. The maximum Gasteiger partial charge on any atom is 0.414 e. The van der Waals surface area contributed by atoms with E-state index < -0.39 is 0 Å². The molecule has 1 heterocycles. The van der Waals surface area contributed by atoms with Crippen molar-refractivity contribution in [2.75, 3.05) is 31.8 Å². The van der Waals surface area contributed by atoms with Crippen LogP contribution >= 0.6 is 0 Å². The number of methoxy groups -OCH3 is 1. The molecule has 140 valence electrons.